The molecule has 45 heavy (non-hydrogen) atoms. The van der Waals surface area contributed by atoms with Crippen molar-refractivity contribution in [3.63, 3.8) is 0 Å². The van der Waals surface area contributed by atoms with E-state index in [4.69, 9.17) is 0 Å². The third-order valence-corrected chi connectivity index (χ3v) is 9.25. The maximum absolute atomic E-state index is 9.60. The van der Waals surface area contributed by atoms with Crippen LogP contribution >= 0.6 is 7.92 Å². The molecule has 9 nitrogen and oxygen atoms in total. The zero-order valence-electron chi connectivity index (χ0n) is 24.7. The Morgan fingerprint density at radius 2 is 0.978 bits per heavy atom. The molecule has 1 aliphatic rings. The Labute approximate surface area is 278 Å². The maximum atomic E-state index is 9.60. The van der Waals surface area contributed by atoms with Crippen molar-refractivity contribution in [2.24, 2.45) is 5.18 Å². The summed E-state index contributed by atoms with van der Waals surface area (Å²) in [6.45, 7) is 2.15. The van der Waals surface area contributed by atoms with Crippen LogP contribution in [0.3, 0.4) is 0 Å². The minimum atomic E-state index is -0.446. The van der Waals surface area contributed by atoms with Crippen LogP contribution in [0.25, 0.3) is 0 Å². The monoisotopic (exact) mass is 702 g/mol. The van der Waals surface area contributed by atoms with Crippen LogP contribution < -0.4 is 15.9 Å². The van der Waals surface area contributed by atoms with Crippen molar-refractivity contribution in [3.8, 4) is 0 Å². The summed E-state index contributed by atoms with van der Waals surface area (Å²) in [5.41, 5.74) is 0. The maximum Gasteiger partial charge on any atom is 2.00 e. The molecule has 4 heterocycles. The zero-order valence-corrected chi connectivity index (χ0v) is 27.3. The Morgan fingerprint density at radius 1 is 0.600 bits per heavy atom. The molecule has 12 heteroatoms. The largest absolute Gasteiger partial charge is 2.00 e. The summed E-state index contributed by atoms with van der Waals surface area (Å²) in [4.78, 5) is 11.7. The number of benzene rings is 3. The van der Waals surface area contributed by atoms with Crippen molar-refractivity contribution in [1.82, 2.24) is 34.0 Å². The number of rotatable bonds is 8. The minimum absolute atomic E-state index is 0. The van der Waals surface area contributed by atoms with Gasteiger partial charge in [0.05, 0.1) is 6.20 Å². The average Bonchev–Trinajstić information content (AvgIpc) is 3.93. The minimum Gasteiger partial charge on any atom is -0.425 e. The Kier molecular flexibility index (Phi) is 13.7. The fourth-order valence-corrected chi connectivity index (χ4v) is 7.11. The molecule has 0 saturated carbocycles. The number of nitroso groups, excluding NO2 is 1. The number of hydrogen-bond acceptors (Lipinski definition) is 6. The van der Waals surface area contributed by atoms with E-state index in [-0.39, 0.29) is 26.6 Å². The Bertz CT molecular complexity index is 1460. The van der Waals surface area contributed by atoms with Crippen LogP contribution in [0.5, 0.6) is 0 Å². The van der Waals surface area contributed by atoms with Crippen LogP contribution in [0.15, 0.2) is 164 Å². The van der Waals surface area contributed by atoms with E-state index in [1.165, 1.54) is 35.0 Å². The van der Waals surface area contributed by atoms with Crippen molar-refractivity contribution in [3.05, 3.63) is 164 Å². The third kappa shape index (κ3) is 9.77. The van der Waals surface area contributed by atoms with E-state index in [0.29, 0.717) is 0 Å². The van der Waals surface area contributed by atoms with Crippen LogP contribution in [0, 0.1) is 4.91 Å². The van der Waals surface area contributed by atoms with Gasteiger partial charge in [0.1, 0.15) is 0 Å². The molecule has 0 atom stereocenters. The van der Waals surface area contributed by atoms with Crippen LogP contribution in [-0.4, -0.2) is 54.2 Å². The van der Waals surface area contributed by atoms with Gasteiger partial charge in [-0.15, -0.1) is 4.91 Å². The number of hydrogen-bond donors (Lipinski definition) is 0. The van der Waals surface area contributed by atoms with Gasteiger partial charge in [0, 0.05) is 37.9 Å². The molecule has 227 valence electrons. The van der Waals surface area contributed by atoms with Crippen molar-refractivity contribution in [2.45, 2.75) is 12.8 Å². The molecule has 6 aromatic rings. The van der Waals surface area contributed by atoms with Crippen LogP contribution in [0.4, 0.5) is 0 Å². The van der Waals surface area contributed by atoms with Gasteiger partial charge in [0.25, 0.3) is 7.12 Å². The van der Waals surface area contributed by atoms with Gasteiger partial charge >= 0.3 is 19.5 Å². The fourth-order valence-electron chi connectivity index (χ4n) is 4.81. The van der Waals surface area contributed by atoms with E-state index in [9.17, 15) is 4.91 Å². The topological polar surface area (TPSA) is 86.1 Å². The predicted octanol–water partition coefficient (Wildman–Crippen LogP) is 4.97. The summed E-state index contributed by atoms with van der Waals surface area (Å²) >= 11 is 0. The smallest absolute Gasteiger partial charge is 0.425 e. The molecule has 0 unspecified atom stereocenters. The summed E-state index contributed by atoms with van der Waals surface area (Å²) in [5, 5.41) is 19.5. The van der Waals surface area contributed by atoms with E-state index < -0.39 is 7.92 Å². The first-order chi connectivity index (χ1) is 21.8. The van der Waals surface area contributed by atoms with Crippen molar-refractivity contribution < 1.29 is 19.5 Å². The van der Waals surface area contributed by atoms with Gasteiger partial charge < -0.3 is 18.7 Å². The number of aromatic nitrogens is 6. The second-order valence-corrected chi connectivity index (χ2v) is 12.0. The van der Waals surface area contributed by atoms with E-state index in [1.54, 1.807) is 38.6 Å². The normalized spacial score (nSPS) is 12.3. The van der Waals surface area contributed by atoms with Crippen LogP contribution in [-0.2, 0) is 19.5 Å². The van der Waals surface area contributed by atoms with E-state index in [1.807, 2.05) is 36.8 Å². The van der Waals surface area contributed by atoms with Crippen LogP contribution in [0.2, 0.25) is 0 Å². The fraction of sp³-hybridized carbons (Fsp3) is 0.121. The molecular formula is C33H34BN8OPRu+. The number of nitrogens with zero attached hydrogens (tertiary/aromatic N) is 8. The molecule has 0 N–H and O–H groups in total. The predicted molar refractivity (Wildman–Crippen MR) is 180 cm³/mol. The van der Waals surface area contributed by atoms with Crippen molar-refractivity contribution in [2.75, 3.05) is 13.1 Å². The Hall–Kier alpha value is -4.45. The van der Waals surface area contributed by atoms with Crippen molar-refractivity contribution >= 4 is 31.0 Å². The molecule has 0 aliphatic carbocycles. The molecule has 3 aromatic carbocycles. The van der Waals surface area contributed by atoms with Gasteiger partial charge in [-0.05, 0) is 78.6 Å². The summed E-state index contributed by atoms with van der Waals surface area (Å²) in [5.74, 6) is 0. The second kappa shape index (κ2) is 18.4. The van der Waals surface area contributed by atoms with E-state index in [0.717, 1.165) is 13.1 Å². The van der Waals surface area contributed by atoms with Crippen LogP contribution in [0.1, 0.15) is 12.8 Å². The summed E-state index contributed by atoms with van der Waals surface area (Å²) in [7, 11) is -0.640. The molecule has 3 aromatic heterocycles. The molecule has 0 spiro atoms. The van der Waals surface area contributed by atoms with Crippen molar-refractivity contribution in [1.29, 1.82) is 0 Å². The molecule has 7 rings (SSSR count). The first-order valence-corrected chi connectivity index (χ1v) is 15.8. The quantitative estimate of drug-likeness (QED) is 0.127. The first-order valence-electron chi connectivity index (χ1n) is 14.5. The first kappa shape index (κ1) is 33.4. The number of likely N-dealkylation sites (tertiary alicyclic amines) is 1. The zero-order chi connectivity index (χ0) is 30.2. The molecular weight excluding hydrogens is 667 g/mol. The summed E-state index contributed by atoms with van der Waals surface area (Å²) in [6, 6.07) is 38.0. The second-order valence-electron chi connectivity index (χ2n) is 9.79. The SMILES string of the molecule is O=N/C=C/N1CCCC1.[Ru+2].c1ccc(P(c2ccccc2)c2ccccc2)cc1.c1cnn([B-](n2cccn2)n2cccn2)c1. The van der Waals surface area contributed by atoms with Gasteiger partial charge in [0.2, 0.25) is 0 Å². The van der Waals surface area contributed by atoms with Gasteiger partial charge in [-0.1, -0.05) is 91.0 Å². The average molecular weight is 702 g/mol. The molecule has 1 saturated heterocycles. The summed E-state index contributed by atoms with van der Waals surface area (Å²) < 4.78 is 5.38. The van der Waals surface area contributed by atoms with Gasteiger partial charge in [-0.25, -0.2) is 15.3 Å². The van der Waals surface area contributed by atoms with E-state index in [2.05, 4.69) is 116 Å². The summed E-state index contributed by atoms with van der Waals surface area (Å²) in [6.07, 6.45) is 16.4. The van der Waals surface area contributed by atoms with Gasteiger partial charge in [-0.3, -0.25) is 0 Å². The standard InChI is InChI=1S/C18H15P.C9H9BN6.C6H10N2O.Ru/c1-4-10-16(11-5-1)19(17-12-6-2-7-13-17)18-14-8-3-9-15-18;1-4-11-14(7-1)10(15-8-2-5-12-15)16-9-3-6-13-16;9-7-3-6-8-4-1-2-5-8;/h1-15H;1-9H;3,6H,1-2,4-5H2;/q;-1;;+2/b;;6-3+;. The molecule has 1 fully saturated rings. The Morgan fingerprint density at radius 3 is 1.29 bits per heavy atom. The van der Waals surface area contributed by atoms with E-state index >= 15 is 0 Å². The van der Waals surface area contributed by atoms with Gasteiger partial charge in [0.15, 0.2) is 0 Å². The molecule has 0 amide bonds. The molecule has 0 bridgehead atoms. The molecule has 1 aliphatic heterocycles. The van der Waals surface area contributed by atoms with Gasteiger partial charge in [-0.2, -0.15) is 0 Å². The Balaban J connectivity index is 0.000000161. The molecule has 1 radical (unpaired) electrons. The third-order valence-electron chi connectivity index (χ3n) is 6.81.